The fraction of sp³-hybridized carbons (Fsp3) is 0.381. The molecule has 3 rings (SSSR count). The predicted molar refractivity (Wildman–Crippen MR) is 117 cm³/mol. The molecule has 1 saturated heterocycles. The summed E-state index contributed by atoms with van der Waals surface area (Å²) in [5, 5.41) is 17.3. The molecular weight excluding hydrogens is 436 g/mol. The molecule has 154 valence electrons. The summed E-state index contributed by atoms with van der Waals surface area (Å²) in [5.41, 5.74) is 1.34. The summed E-state index contributed by atoms with van der Waals surface area (Å²) >= 11 is 3.31. The van der Waals surface area contributed by atoms with Crippen molar-refractivity contribution < 1.29 is 9.72 Å². The second kappa shape index (κ2) is 9.96. The van der Waals surface area contributed by atoms with E-state index in [0.29, 0.717) is 16.2 Å². The molecule has 0 aliphatic carbocycles. The molecule has 29 heavy (non-hydrogen) atoms. The Balaban J connectivity index is 1.75. The van der Waals surface area contributed by atoms with Crippen LogP contribution in [0.5, 0.6) is 0 Å². The zero-order valence-electron chi connectivity index (χ0n) is 16.3. The van der Waals surface area contributed by atoms with Crippen molar-refractivity contribution in [3.63, 3.8) is 0 Å². The van der Waals surface area contributed by atoms with Gasteiger partial charge in [-0.25, -0.2) is 0 Å². The number of rotatable bonds is 8. The summed E-state index contributed by atoms with van der Waals surface area (Å²) in [7, 11) is 0. The smallest absolute Gasteiger partial charge is 0.270 e. The van der Waals surface area contributed by atoms with E-state index in [-0.39, 0.29) is 11.6 Å². The first kappa shape index (κ1) is 21.4. The van der Waals surface area contributed by atoms with Crippen LogP contribution in [0.15, 0.2) is 53.0 Å². The van der Waals surface area contributed by atoms with E-state index in [9.17, 15) is 14.9 Å². The Morgan fingerprint density at radius 1 is 1.31 bits per heavy atom. The van der Waals surface area contributed by atoms with E-state index in [1.165, 1.54) is 24.6 Å². The second-order valence-corrected chi connectivity index (χ2v) is 7.94. The van der Waals surface area contributed by atoms with E-state index in [1.54, 1.807) is 0 Å². The minimum Gasteiger partial charge on any atom is -0.323 e. The van der Waals surface area contributed by atoms with Crippen molar-refractivity contribution in [1.82, 2.24) is 10.2 Å². The van der Waals surface area contributed by atoms with E-state index >= 15 is 0 Å². The summed E-state index contributed by atoms with van der Waals surface area (Å²) in [6.07, 6.45) is 2.30. The van der Waals surface area contributed by atoms with Crippen molar-refractivity contribution >= 4 is 33.2 Å². The first-order chi connectivity index (χ1) is 14.0. The van der Waals surface area contributed by atoms with Gasteiger partial charge in [0.25, 0.3) is 5.69 Å². The number of hydrogen-bond donors (Lipinski definition) is 2. The molecule has 0 aromatic heterocycles. The van der Waals surface area contributed by atoms with Crippen molar-refractivity contribution in [3.8, 4) is 0 Å². The number of nitrogens with zero attached hydrogens (tertiary/aromatic N) is 2. The van der Waals surface area contributed by atoms with Crippen LogP contribution in [0.4, 0.5) is 11.4 Å². The van der Waals surface area contributed by atoms with E-state index in [4.69, 9.17) is 0 Å². The zero-order valence-corrected chi connectivity index (χ0v) is 17.9. The molecular formula is C21H25BrN4O3. The van der Waals surface area contributed by atoms with Gasteiger partial charge in [-0.05, 0) is 53.5 Å². The van der Waals surface area contributed by atoms with Crippen LogP contribution in [0.2, 0.25) is 0 Å². The Bertz CT molecular complexity index is 862. The van der Waals surface area contributed by atoms with Crippen LogP contribution in [0.3, 0.4) is 0 Å². The Kier molecular flexibility index (Phi) is 7.35. The Morgan fingerprint density at radius 2 is 2.07 bits per heavy atom. The van der Waals surface area contributed by atoms with Crippen LogP contribution < -0.4 is 10.6 Å². The number of likely N-dealkylation sites (N-methyl/N-ethyl adjacent to an activating group) is 1. The third kappa shape index (κ3) is 5.41. The van der Waals surface area contributed by atoms with Crippen molar-refractivity contribution in [3.05, 3.63) is 68.7 Å². The van der Waals surface area contributed by atoms with Crippen molar-refractivity contribution in [2.45, 2.75) is 31.8 Å². The quantitative estimate of drug-likeness (QED) is 0.457. The van der Waals surface area contributed by atoms with Gasteiger partial charge in [-0.2, -0.15) is 0 Å². The fourth-order valence-corrected chi connectivity index (χ4v) is 4.19. The van der Waals surface area contributed by atoms with Gasteiger partial charge in [-0.1, -0.05) is 37.3 Å². The largest absolute Gasteiger partial charge is 0.323 e. The van der Waals surface area contributed by atoms with Crippen LogP contribution in [0.1, 0.15) is 31.4 Å². The molecule has 7 nitrogen and oxygen atoms in total. The van der Waals surface area contributed by atoms with Gasteiger partial charge in [0.1, 0.15) is 6.04 Å². The van der Waals surface area contributed by atoms with Crippen LogP contribution in [-0.2, 0) is 4.79 Å². The molecule has 0 radical (unpaired) electrons. The molecule has 0 spiro atoms. The third-order valence-electron chi connectivity index (χ3n) is 5.28. The van der Waals surface area contributed by atoms with Crippen molar-refractivity contribution in [1.29, 1.82) is 0 Å². The van der Waals surface area contributed by atoms with Gasteiger partial charge < -0.3 is 10.6 Å². The molecule has 1 fully saturated rings. The number of nitrogens with one attached hydrogen (secondary N) is 2. The minimum atomic E-state index is -0.516. The number of likely N-dealkylation sites (tertiary alicyclic amines) is 1. The molecule has 1 amide bonds. The first-order valence-electron chi connectivity index (χ1n) is 9.76. The van der Waals surface area contributed by atoms with Gasteiger partial charge in [0.15, 0.2) is 0 Å². The Labute approximate surface area is 178 Å². The van der Waals surface area contributed by atoms with Gasteiger partial charge in [-0.15, -0.1) is 0 Å². The summed E-state index contributed by atoms with van der Waals surface area (Å²) in [4.78, 5) is 26.0. The van der Waals surface area contributed by atoms with E-state index in [0.717, 1.165) is 31.6 Å². The average molecular weight is 461 g/mol. The number of carbonyl (C=O) groups excluding carboxylic acids is 1. The van der Waals surface area contributed by atoms with E-state index < -0.39 is 11.0 Å². The highest BCUT2D eigenvalue weighted by molar-refractivity contribution is 9.10. The van der Waals surface area contributed by atoms with Gasteiger partial charge in [0, 0.05) is 29.2 Å². The molecule has 2 aromatic rings. The van der Waals surface area contributed by atoms with E-state index in [1.807, 2.05) is 30.3 Å². The summed E-state index contributed by atoms with van der Waals surface area (Å²) in [5.74, 6) is -0.202. The van der Waals surface area contributed by atoms with Crippen molar-refractivity contribution in [2.24, 2.45) is 0 Å². The van der Waals surface area contributed by atoms with Gasteiger partial charge in [0.05, 0.1) is 10.6 Å². The summed E-state index contributed by atoms with van der Waals surface area (Å²) in [6, 6.07) is 13.8. The van der Waals surface area contributed by atoms with Crippen LogP contribution >= 0.6 is 15.9 Å². The predicted octanol–water partition coefficient (Wildman–Crippen LogP) is 4.11. The Hall–Kier alpha value is -2.29. The highest BCUT2D eigenvalue weighted by Gasteiger charge is 2.27. The normalized spacial score (nSPS) is 17.8. The van der Waals surface area contributed by atoms with Crippen LogP contribution in [0, 0.1) is 10.1 Å². The number of carbonyl (C=O) groups is 1. The lowest BCUT2D eigenvalue weighted by Crippen LogP contribution is -2.42. The standard InChI is InChI=1S/C21H25BrN4O3/c1-2-25-12-6-9-17(25)14-23-20(15-7-4-3-5-8-15)21(27)24-19-11-10-16(26(28)29)13-18(19)22/h3-5,7-8,10-11,13,17,20,23H,2,6,9,12,14H2,1H3,(H,24,27)/t17-,20+/m1/s1. The maximum Gasteiger partial charge on any atom is 0.270 e. The maximum absolute atomic E-state index is 13.1. The minimum absolute atomic E-state index is 0.0338. The lowest BCUT2D eigenvalue weighted by molar-refractivity contribution is -0.384. The number of amides is 1. The first-order valence-corrected chi connectivity index (χ1v) is 10.6. The van der Waals surface area contributed by atoms with Gasteiger partial charge in [-0.3, -0.25) is 19.8 Å². The molecule has 2 aromatic carbocycles. The number of anilines is 1. The second-order valence-electron chi connectivity index (χ2n) is 7.09. The number of benzene rings is 2. The summed E-state index contributed by atoms with van der Waals surface area (Å²) < 4.78 is 0.472. The SMILES string of the molecule is CCN1CCC[C@@H]1CN[C@H](C(=O)Nc1ccc([N+](=O)[O-])cc1Br)c1ccccc1. The molecule has 2 N–H and O–H groups in total. The van der Waals surface area contributed by atoms with Crippen molar-refractivity contribution in [2.75, 3.05) is 25.0 Å². The fourth-order valence-electron chi connectivity index (χ4n) is 3.73. The lowest BCUT2D eigenvalue weighted by Gasteiger charge is -2.26. The molecule has 0 saturated carbocycles. The topological polar surface area (TPSA) is 87.5 Å². The molecule has 0 unspecified atom stereocenters. The molecule has 1 aliphatic heterocycles. The van der Waals surface area contributed by atoms with Gasteiger partial charge >= 0.3 is 0 Å². The molecule has 1 aliphatic rings. The number of non-ortho nitro benzene ring substituents is 1. The zero-order chi connectivity index (χ0) is 20.8. The third-order valence-corrected chi connectivity index (χ3v) is 5.94. The number of nitro benzene ring substituents is 1. The highest BCUT2D eigenvalue weighted by Crippen LogP contribution is 2.28. The average Bonchev–Trinajstić information content (AvgIpc) is 3.18. The number of nitro groups is 1. The van der Waals surface area contributed by atoms with Gasteiger partial charge in [0.2, 0.25) is 5.91 Å². The van der Waals surface area contributed by atoms with Crippen LogP contribution in [0.25, 0.3) is 0 Å². The maximum atomic E-state index is 13.1. The molecule has 2 atom stereocenters. The lowest BCUT2D eigenvalue weighted by atomic mass is 10.1. The monoisotopic (exact) mass is 460 g/mol. The summed E-state index contributed by atoms with van der Waals surface area (Å²) in [6.45, 7) is 4.99. The molecule has 0 bridgehead atoms. The van der Waals surface area contributed by atoms with E-state index in [2.05, 4.69) is 38.4 Å². The Morgan fingerprint density at radius 3 is 2.72 bits per heavy atom. The number of halogens is 1. The highest BCUT2D eigenvalue weighted by atomic mass is 79.9. The molecule has 1 heterocycles. The number of hydrogen-bond acceptors (Lipinski definition) is 5. The molecule has 8 heteroatoms. The van der Waals surface area contributed by atoms with Crippen LogP contribution in [-0.4, -0.2) is 41.4 Å².